The van der Waals surface area contributed by atoms with E-state index in [-0.39, 0.29) is 0 Å². The molecule has 1 saturated heterocycles. The van der Waals surface area contributed by atoms with E-state index in [1.54, 1.807) is 0 Å². The highest BCUT2D eigenvalue weighted by atomic mass is 16.5. The smallest absolute Gasteiger partial charge is 0.0619 e. The van der Waals surface area contributed by atoms with E-state index in [0.29, 0.717) is 6.04 Å². The van der Waals surface area contributed by atoms with Crippen molar-refractivity contribution in [1.82, 2.24) is 5.32 Å². The van der Waals surface area contributed by atoms with Crippen molar-refractivity contribution in [2.24, 2.45) is 0 Å². The molecule has 1 heterocycles. The van der Waals surface area contributed by atoms with Gasteiger partial charge in [-0.2, -0.15) is 0 Å². The van der Waals surface area contributed by atoms with Gasteiger partial charge in [-0.1, -0.05) is 23.8 Å². The molecular formula is C14H21NO. The fourth-order valence-electron chi connectivity index (χ4n) is 2.15. The minimum atomic E-state index is 0.536. The Morgan fingerprint density at radius 2 is 2.25 bits per heavy atom. The fourth-order valence-corrected chi connectivity index (χ4v) is 2.15. The van der Waals surface area contributed by atoms with E-state index in [1.165, 1.54) is 29.5 Å². The molecule has 1 aromatic carbocycles. The maximum Gasteiger partial charge on any atom is 0.0619 e. The van der Waals surface area contributed by atoms with Crippen LogP contribution in [0.5, 0.6) is 0 Å². The Hall–Kier alpha value is -0.860. The van der Waals surface area contributed by atoms with Crippen LogP contribution < -0.4 is 5.32 Å². The van der Waals surface area contributed by atoms with Crippen molar-refractivity contribution in [2.75, 3.05) is 13.2 Å². The van der Waals surface area contributed by atoms with Crippen LogP contribution in [0.25, 0.3) is 0 Å². The van der Waals surface area contributed by atoms with Crippen molar-refractivity contribution in [3.8, 4) is 0 Å². The molecular weight excluding hydrogens is 198 g/mol. The molecule has 0 amide bonds. The van der Waals surface area contributed by atoms with E-state index in [2.05, 4.69) is 37.4 Å². The summed E-state index contributed by atoms with van der Waals surface area (Å²) in [5.74, 6) is 0. The number of hydrogen-bond donors (Lipinski definition) is 1. The summed E-state index contributed by atoms with van der Waals surface area (Å²) in [6.07, 6.45) is 2.43. The van der Waals surface area contributed by atoms with E-state index in [0.717, 1.165) is 19.8 Å². The van der Waals surface area contributed by atoms with Crippen LogP contribution in [0.1, 0.15) is 29.5 Å². The molecule has 2 rings (SSSR count). The Kier molecular flexibility index (Phi) is 3.97. The number of nitrogens with one attached hydrogen (secondary N) is 1. The maximum atomic E-state index is 5.46. The average molecular weight is 219 g/mol. The Morgan fingerprint density at radius 1 is 1.38 bits per heavy atom. The van der Waals surface area contributed by atoms with Gasteiger partial charge < -0.3 is 10.1 Å². The van der Waals surface area contributed by atoms with Crippen LogP contribution in [0, 0.1) is 13.8 Å². The summed E-state index contributed by atoms with van der Waals surface area (Å²) in [6.45, 7) is 7.08. The second kappa shape index (κ2) is 5.46. The highest BCUT2D eigenvalue weighted by molar-refractivity contribution is 5.30. The second-order valence-electron chi connectivity index (χ2n) is 4.72. The molecule has 0 saturated carbocycles. The zero-order valence-corrected chi connectivity index (χ0v) is 10.3. The summed E-state index contributed by atoms with van der Waals surface area (Å²) in [6, 6.07) is 7.17. The monoisotopic (exact) mass is 219 g/mol. The number of ether oxygens (including phenoxy) is 1. The lowest BCUT2D eigenvalue weighted by Crippen LogP contribution is -2.36. The van der Waals surface area contributed by atoms with Gasteiger partial charge in [0.05, 0.1) is 6.61 Å². The van der Waals surface area contributed by atoms with Crippen molar-refractivity contribution in [2.45, 2.75) is 39.3 Å². The molecule has 2 nitrogen and oxygen atoms in total. The highest BCUT2D eigenvalue weighted by Crippen LogP contribution is 2.12. The molecule has 0 aromatic heterocycles. The van der Waals surface area contributed by atoms with Gasteiger partial charge in [0, 0.05) is 19.2 Å². The van der Waals surface area contributed by atoms with E-state index >= 15 is 0 Å². The summed E-state index contributed by atoms with van der Waals surface area (Å²) >= 11 is 0. The fraction of sp³-hybridized carbons (Fsp3) is 0.571. The van der Waals surface area contributed by atoms with Crippen molar-refractivity contribution in [3.05, 3.63) is 34.9 Å². The molecule has 0 spiro atoms. The Balaban J connectivity index is 1.90. The molecule has 16 heavy (non-hydrogen) atoms. The Morgan fingerprint density at radius 3 is 3.00 bits per heavy atom. The normalized spacial score (nSPS) is 21.0. The van der Waals surface area contributed by atoms with Gasteiger partial charge in [0.25, 0.3) is 0 Å². The summed E-state index contributed by atoms with van der Waals surface area (Å²) < 4.78 is 5.46. The Bertz CT molecular complexity index is 343. The predicted molar refractivity (Wildman–Crippen MR) is 66.6 cm³/mol. The number of benzene rings is 1. The number of aryl methyl sites for hydroxylation is 2. The standard InChI is InChI=1S/C14H21NO/c1-11-5-6-12(2)13(8-11)9-15-14-4-3-7-16-10-14/h5-6,8,14-15H,3-4,7,9-10H2,1-2H3. The van der Waals surface area contributed by atoms with Gasteiger partial charge >= 0.3 is 0 Å². The third-order valence-corrected chi connectivity index (χ3v) is 3.25. The van der Waals surface area contributed by atoms with Crippen LogP contribution in [0.15, 0.2) is 18.2 Å². The first-order valence-electron chi connectivity index (χ1n) is 6.13. The maximum absolute atomic E-state index is 5.46. The zero-order valence-electron chi connectivity index (χ0n) is 10.3. The van der Waals surface area contributed by atoms with Crippen LogP contribution in [0.2, 0.25) is 0 Å². The molecule has 1 atom stereocenters. The highest BCUT2D eigenvalue weighted by Gasteiger charge is 2.13. The first-order valence-corrected chi connectivity index (χ1v) is 6.13. The zero-order chi connectivity index (χ0) is 11.4. The molecule has 0 aliphatic carbocycles. The van der Waals surface area contributed by atoms with E-state index < -0.39 is 0 Å². The summed E-state index contributed by atoms with van der Waals surface area (Å²) in [4.78, 5) is 0. The molecule has 1 fully saturated rings. The lowest BCUT2D eigenvalue weighted by Gasteiger charge is -2.23. The van der Waals surface area contributed by atoms with E-state index in [9.17, 15) is 0 Å². The topological polar surface area (TPSA) is 21.3 Å². The van der Waals surface area contributed by atoms with Gasteiger partial charge in [0.15, 0.2) is 0 Å². The molecule has 1 unspecified atom stereocenters. The van der Waals surface area contributed by atoms with Crippen LogP contribution in [0.4, 0.5) is 0 Å². The Labute approximate surface area is 98.0 Å². The summed E-state index contributed by atoms with van der Waals surface area (Å²) in [5.41, 5.74) is 4.11. The van der Waals surface area contributed by atoms with Crippen molar-refractivity contribution in [3.63, 3.8) is 0 Å². The average Bonchev–Trinajstić information content (AvgIpc) is 2.32. The molecule has 1 aliphatic rings. The van der Waals surface area contributed by atoms with Gasteiger partial charge in [0.2, 0.25) is 0 Å². The first kappa shape index (κ1) is 11.6. The lowest BCUT2D eigenvalue weighted by molar-refractivity contribution is 0.0699. The predicted octanol–water partition coefficient (Wildman–Crippen LogP) is 2.57. The molecule has 88 valence electrons. The largest absolute Gasteiger partial charge is 0.380 e. The lowest BCUT2D eigenvalue weighted by atomic mass is 10.0. The summed E-state index contributed by atoms with van der Waals surface area (Å²) in [5, 5.41) is 3.58. The van der Waals surface area contributed by atoms with Gasteiger partial charge in [-0.3, -0.25) is 0 Å². The number of rotatable bonds is 3. The molecule has 0 bridgehead atoms. The minimum absolute atomic E-state index is 0.536. The molecule has 2 heteroatoms. The first-order chi connectivity index (χ1) is 7.75. The van der Waals surface area contributed by atoms with Crippen LogP contribution >= 0.6 is 0 Å². The van der Waals surface area contributed by atoms with E-state index in [4.69, 9.17) is 4.74 Å². The molecule has 1 aliphatic heterocycles. The molecule has 1 aromatic rings. The van der Waals surface area contributed by atoms with Crippen molar-refractivity contribution in [1.29, 1.82) is 0 Å². The van der Waals surface area contributed by atoms with Crippen molar-refractivity contribution < 1.29 is 4.74 Å². The second-order valence-corrected chi connectivity index (χ2v) is 4.72. The van der Waals surface area contributed by atoms with Crippen LogP contribution in [-0.2, 0) is 11.3 Å². The van der Waals surface area contributed by atoms with Gasteiger partial charge in [-0.25, -0.2) is 0 Å². The SMILES string of the molecule is Cc1ccc(C)c(CNC2CCCOC2)c1. The number of hydrogen-bond acceptors (Lipinski definition) is 2. The third kappa shape index (κ3) is 3.06. The van der Waals surface area contributed by atoms with Crippen LogP contribution in [0.3, 0.4) is 0 Å². The van der Waals surface area contributed by atoms with Gasteiger partial charge in [-0.15, -0.1) is 0 Å². The quantitative estimate of drug-likeness (QED) is 0.843. The summed E-state index contributed by atoms with van der Waals surface area (Å²) in [7, 11) is 0. The van der Waals surface area contributed by atoms with E-state index in [1.807, 2.05) is 0 Å². The molecule has 1 N–H and O–H groups in total. The minimum Gasteiger partial charge on any atom is -0.380 e. The third-order valence-electron chi connectivity index (χ3n) is 3.25. The molecule has 0 radical (unpaired) electrons. The van der Waals surface area contributed by atoms with Crippen molar-refractivity contribution >= 4 is 0 Å². The van der Waals surface area contributed by atoms with Gasteiger partial charge in [0.1, 0.15) is 0 Å². The van der Waals surface area contributed by atoms with Crippen LogP contribution in [-0.4, -0.2) is 19.3 Å². The van der Waals surface area contributed by atoms with Gasteiger partial charge in [-0.05, 0) is 37.8 Å².